The Labute approximate surface area is 89.9 Å². The van der Waals surface area contributed by atoms with Gasteiger partial charge in [0.1, 0.15) is 0 Å². The minimum Gasteiger partial charge on any atom is -0.425 e. The number of alkyl halides is 1. The van der Waals surface area contributed by atoms with Crippen LogP contribution in [-0.2, 0) is 6.42 Å². The Balaban J connectivity index is 2.49. The Morgan fingerprint density at radius 2 is 2.21 bits per heavy atom. The van der Waals surface area contributed by atoms with Gasteiger partial charge in [0.15, 0.2) is 0 Å². The van der Waals surface area contributed by atoms with Gasteiger partial charge in [-0.15, -0.1) is 21.8 Å². The van der Waals surface area contributed by atoms with Crippen molar-refractivity contribution in [3.63, 3.8) is 0 Å². The molecule has 0 bridgehead atoms. The molecule has 0 aliphatic carbocycles. The van der Waals surface area contributed by atoms with Crippen molar-refractivity contribution in [3.05, 3.63) is 11.8 Å². The minimum absolute atomic E-state index is 0.372. The van der Waals surface area contributed by atoms with E-state index in [0.717, 1.165) is 31.6 Å². The minimum atomic E-state index is 0.372. The zero-order chi connectivity index (χ0) is 10.4. The van der Waals surface area contributed by atoms with Crippen molar-refractivity contribution in [2.75, 3.05) is 5.88 Å². The van der Waals surface area contributed by atoms with Gasteiger partial charge in [0, 0.05) is 18.2 Å². The summed E-state index contributed by atoms with van der Waals surface area (Å²) in [4.78, 5) is 0. The highest BCUT2D eigenvalue weighted by molar-refractivity contribution is 6.17. The molecule has 1 heterocycles. The third-order valence-corrected chi connectivity index (χ3v) is 2.42. The van der Waals surface area contributed by atoms with Crippen molar-refractivity contribution < 1.29 is 4.42 Å². The topological polar surface area (TPSA) is 38.9 Å². The maximum atomic E-state index is 5.58. The van der Waals surface area contributed by atoms with Crippen LogP contribution >= 0.6 is 11.6 Å². The second kappa shape index (κ2) is 6.02. The standard InChI is InChI=1S/C10H17ClN2O/c1-3-5-8(2)10-13-12-9(14-10)6-4-7-11/h8H,3-7H2,1-2H3. The third-order valence-electron chi connectivity index (χ3n) is 2.15. The summed E-state index contributed by atoms with van der Waals surface area (Å²) in [5, 5.41) is 8.01. The molecule has 1 rings (SSSR count). The van der Waals surface area contributed by atoms with Crippen molar-refractivity contribution in [2.45, 2.75) is 45.4 Å². The van der Waals surface area contributed by atoms with E-state index in [4.69, 9.17) is 16.0 Å². The van der Waals surface area contributed by atoms with Crippen molar-refractivity contribution in [1.82, 2.24) is 10.2 Å². The molecule has 0 saturated carbocycles. The molecule has 0 amide bonds. The lowest BCUT2D eigenvalue weighted by atomic mass is 10.1. The van der Waals surface area contributed by atoms with E-state index in [1.165, 1.54) is 0 Å². The van der Waals surface area contributed by atoms with E-state index in [1.807, 2.05) is 0 Å². The number of nitrogens with zero attached hydrogens (tertiary/aromatic N) is 2. The Morgan fingerprint density at radius 3 is 2.86 bits per heavy atom. The maximum Gasteiger partial charge on any atom is 0.219 e. The second-order valence-corrected chi connectivity index (χ2v) is 3.89. The molecule has 0 aliphatic heterocycles. The third kappa shape index (κ3) is 3.29. The van der Waals surface area contributed by atoms with Crippen LogP contribution in [0.2, 0.25) is 0 Å². The Bertz CT molecular complexity index is 262. The quantitative estimate of drug-likeness (QED) is 0.686. The van der Waals surface area contributed by atoms with Crippen LogP contribution in [0.3, 0.4) is 0 Å². The second-order valence-electron chi connectivity index (χ2n) is 3.52. The molecule has 1 atom stereocenters. The van der Waals surface area contributed by atoms with Gasteiger partial charge in [0.2, 0.25) is 11.8 Å². The van der Waals surface area contributed by atoms with Crippen LogP contribution in [0.5, 0.6) is 0 Å². The molecule has 1 aromatic heterocycles. The van der Waals surface area contributed by atoms with E-state index >= 15 is 0 Å². The predicted octanol–water partition coefficient (Wildman–Crippen LogP) is 3.14. The molecule has 3 nitrogen and oxygen atoms in total. The molecule has 0 saturated heterocycles. The molecule has 0 N–H and O–H groups in total. The average Bonchev–Trinajstić information content (AvgIpc) is 2.63. The van der Waals surface area contributed by atoms with Crippen LogP contribution < -0.4 is 0 Å². The Kier molecular flexibility index (Phi) is 4.94. The van der Waals surface area contributed by atoms with E-state index in [0.29, 0.717) is 17.7 Å². The van der Waals surface area contributed by atoms with Crippen LogP contribution in [0.15, 0.2) is 4.42 Å². The molecule has 1 unspecified atom stereocenters. The molecule has 4 heteroatoms. The molecule has 0 fully saturated rings. The largest absolute Gasteiger partial charge is 0.425 e. The molecule has 0 spiro atoms. The summed E-state index contributed by atoms with van der Waals surface area (Å²) >= 11 is 5.58. The number of hydrogen-bond donors (Lipinski definition) is 0. The fourth-order valence-corrected chi connectivity index (χ4v) is 1.47. The molecule has 1 aromatic rings. The molecule has 14 heavy (non-hydrogen) atoms. The monoisotopic (exact) mass is 216 g/mol. The van der Waals surface area contributed by atoms with Crippen LogP contribution in [0, 0.1) is 0 Å². The first-order chi connectivity index (χ1) is 6.77. The average molecular weight is 217 g/mol. The van der Waals surface area contributed by atoms with Crippen LogP contribution in [0.4, 0.5) is 0 Å². The van der Waals surface area contributed by atoms with Gasteiger partial charge in [-0.05, 0) is 12.8 Å². The molecule has 0 aromatic carbocycles. The summed E-state index contributed by atoms with van der Waals surface area (Å²) < 4.78 is 5.52. The Morgan fingerprint density at radius 1 is 1.43 bits per heavy atom. The summed E-state index contributed by atoms with van der Waals surface area (Å²) in [7, 11) is 0. The first-order valence-electron chi connectivity index (χ1n) is 5.16. The number of hydrogen-bond acceptors (Lipinski definition) is 3. The van der Waals surface area contributed by atoms with Gasteiger partial charge in [-0.1, -0.05) is 20.3 Å². The summed E-state index contributed by atoms with van der Waals surface area (Å²) in [6.07, 6.45) is 3.92. The van der Waals surface area contributed by atoms with Crippen LogP contribution in [0.1, 0.15) is 50.8 Å². The molecule has 80 valence electrons. The summed E-state index contributed by atoms with van der Waals surface area (Å²) in [6.45, 7) is 4.27. The SMILES string of the molecule is CCCC(C)c1nnc(CCCCl)o1. The van der Waals surface area contributed by atoms with E-state index in [-0.39, 0.29) is 0 Å². The maximum absolute atomic E-state index is 5.58. The number of aryl methyl sites for hydroxylation is 1. The van der Waals surface area contributed by atoms with Crippen molar-refractivity contribution in [3.8, 4) is 0 Å². The van der Waals surface area contributed by atoms with Gasteiger partial charge in [-0.2, -0.15) is 0 Å². The van der Waals surface area contributed by atoms with Gasteiger partial charge in [0.25, 0.3) is 0 Å². The van der Waals surface area contributed by atoms with Gasteiger partial charge in [0.05, 0.1) is 0 Å². The van der Waals surface area contributed by atoms with Crippen LogP contribution in [0.25, 0.3) is 0 Å². The summed E-state index contributed by atoms with van der Waals surface area (Å²) in [5.41, 5.74) is 0. The van der Waals surface area contributed by atoms with Gasteiger partial charge in [-0.3, -0.25) is 0 Å². The van der Waals surface area contributed by atoms with Crippen molar-refractivity contribution >= 4 is 11.6 Å². The molecule has 0 aliphatic rings. The number of aromatic nitrogens is 2. The van der Waals surface area contributed by atoms with E-state index in [9.17, 15) is 0 Å². The predicted molar refractivity (Wildman–Crippen MR) is 56.7 cm³/mol. The molecule has 0 radical (unpaired) electrons. The van der Waals surface area contributed by atoms with Gasteiger partial charge in [-0.25, -0.2) is 0 Å². The fourth-order valence-electron chi connectivity index (χ4n) is 1.34. The summed E-state index contributed by atoms with van der Waals surface area (Å²) in [5.74, 6) is 2.49. The number of halogens is 1. The highest BCUT2D eigenvalue weighted by atomic mass is 35.5. The van der Waals surface area contributed by atoms with Crippen molar-refractivity contribution in [1.29, 1.82) is 0 Å². The lowest BCUT2D eigenvalue weighted by Gasteiger charge is -2.02. The fraction of sp³-hybridized carbons (Fsp3) is 0.800. The number of rotatable bonds is 6. The first kappa shape index (κ1) is 11.5. The van der Waals surface area contributed by atoms with E-state index in [1.54, 1.807) is 0 Å². The normalized spacial score (nSPS) is 13.1. The van der Waals surface area contributed by atoms with Gasteiger partial charge < -0.3 is 4.42 Å². The van der Waals surface area contributed by atoms with E-state index < -0.39 is 0 Å². The summed E-state index contributed by atoms with van der Waals surface area (Å²) in [6, 6.07) is 0. The highest BCUT2D eigenvalue weighted by Crippen LogP contribution is 2.19. The highest BCUT2D eigenvalue weighted by Gasteiger charge is 2.12. The molecular weight excluding hydrogens is 200 g/mol. The molecular formula is C10H17ClN2O. The Hall–Kier alpha value is -0.570. The zero-order valence-corrected chi connectivity index (χ0v) is 9.55. The van der Waals surface area contributed by atoms with E-state index in [2.05, 4.69) is 24.0 Å². The zero-order valence-electron chi connectivity index (χ0n) is 8.79. The lowest BCUT2D eigenvalue weighted by molar-refractivity contribution is 0.412. The smallest absolute Gasteiger partial charge is 0.219 e. The van der Waals surface area contributed by atoms with Gasteiger partial charge >= 0.3 is 0 Å². The van der Waals surface area contributed by atoms with Crippen molar-refractivity contribution in [2.24, 2.45) is 0 Å². The lowest BCUT2D eigenvalue weighted by Crippen LogP contribution is -1.92. The first-order valence-corrected chi connectivity index (χ1v) is 5.69. The van der Waals surface area contributed by atoms with Crippen LogP contribution in [-0.4, -0.2) is 16.1 Å².